The molecule has 0 aromatic carbocycles. The van der Waals surface area contributed by atoms with E-state index in [0.717, 1.165) is 0 Å². The zero-order chi connectivity index (χ0) is 11.4. The fourth-order valence-electron chi connectivity index (χ4n) is 0.782. The highest BCUT2D eigenvalue weighted by molar-refractivity contribution is 6.34. The molecule has 0 aliphatic carbocycles. The van der Waals surface area contributed by atoms with Crippen molar-refractivity contribution in [3.8, 4) is 0 Å². The van der Waals surface area contributed by atoms with Gasteiger partial charge in [-0.2, -0.15) is 13.2 Å². The minimum absolute atomic E-state index is 0.0623. The summed E-state index contributed by atoms with van der Waals surface area (Å²) in [7, 11) is 0. The lowest BCUT2D eigenvalue weighted by Gasteiger charge is -2.10. The number of hydrogen-bond donors (Lipinski definition) is 0. The molecule has 0 spiro atoms. The van der Waals surface area contributed by atoms with E-state index < -0.39 is 17.3 Å². The van der Waals surface area contributed by atoms with Gasteiger partial charge in [-0.3, -0.25) is 4.79 Å². The number of alkyl halides is 3. The third-order valence-electron chi connectivity index (χ3n) is 1.43. The second kappa shape index (κ2) is 5.00. The molecule has 0 amide bonds. The van der Waals surface area contributed by atoms with Gasteiger partial charge in [0.15, 0.2) is 6.29 Å². The predicted molar refractivity (Wildman–Crippen MR) is 49.0 cm³/mol. The normalized spacial score (nSPS) is 14.8. The van der Waals surface area contributed by atoms with Gasteiger partial charge in [-0.1, -0.05) is 30.3 Å². The van der Waals surface area contributed by atoms with Crippen LogP contribution in [-0.2, 0) is 4.79 Å². The van der Waals surface area contributed by atoms with Crippen molar-refractivity contribution < 1.29 is 18.0 Å². The quantitative estimate of drug-likeness (QED) is 0.408. The van der Waals surface area contributed by atoms with Crippen LogP contribution >= 0.6 is 11.6 Å². The van der Waals surface area contributed by atoms with Crippen LogP contribution in [-0.4, -0.2) is 12.5 Å². The maximum Gasteiger partial charge on any atom is 0.417 e. The molecule has 0 bridgehead atoms. The van der Waals surface area contributed by atoms with Crippen molar-refractivity contribution in [1.29, 1.82) is 0 Å². The minimum Gasteiger partial charge on any atom is -0.298 e. The zero-order valence-electron chi connectivity index (χ0n) is 7.36. The summed E-state index contributed by atoms with van der Waals surface area (Å²) >= 11 is 5.44. The molecular weight excluding hydrogens is 217 g/mol. The van der Waals surface area contributed by atoms with E-state index in [2.05, 4.69) is 6.58 Å². The molecule has 14 heavy (non-hydrogen) atoms. The van der Waals surface area contributed by atoms with Crippen LogP contribution < -0.4 is 0 Å². The lowest BCUT2D eigenvalue weighted by atomic mass is 10.1. The summed E-state index contributed by atoms with van der Waals surface area (Å²) in [6.07, 6.45) is -2.79. The van der Waals surface area contributed by atoms with Gasteiger partial charge in [0.05, 0.1) is 5.57 Å². The Hall–Kier alpha value is -1.03. The Labute approximate surface area is 84.6 Å². The Bertz CT molecular complexity index is 300. The number of hydrogen-bond acceptors (Lipinski definition) is 1. The molecule has 78 valence electrons. The molecule has 0 aromatic rings. The largest absolute Gasteiger partial charge is 0.417 e. The van der Waals surface area contributed by atoms with Gasteiger partial charge in [-0.15, -0.1) is 0 Å². The van der Waals surface area contributed by atoms with Crippen LogP contribution in [0.25, 0.3) is 0 Å². The summed E-state index contributed by atoms with van der Waals surface area (Å²) in [6, 6.07) is 0. The molecule has 0 radical (unpaired) electrons. The van der Waals surface area contributed by atoms with Gasteiger partial charge in [0.25, 0.3) is 0 Å². The SMILES string of the molecule is C=C/C(=C(C=O)\C(Cl)=C/C)C(F)(F)F. The molecule has 1 nitrogen and oxygen atoms in total. The standard InChI is InChI=1S/C9H8ClF3O/c1-3-7(9(11,12)13)6(5-14)8(10)4-2/h3-5H,1H2,2H3/b7-6+,8-4+. The molecule has 0 rings (SSSR count). The third-order valence-corrected chi connectivity index (χ3v) is 1.85. The van der Waals surface area contributed by atoms with Crippen molar-refractivity contribution in [3.63, 3.8) is 0 Å². The van der Waals surface area contributed by atoms with E-state index >= 15 is 0 Å². The van der Waals surface area contributed by atoms with Gasteiger partial charge < -0.3 is 0 Å². The van der Waals surface area contributed by atoms with Crippen LogP contribution in [0.4, 0.5) is 13.2 Å². The lowest BCUT2D eigenvalue weighted by Crippen LogP contribution is -2.13. The van der Waals surface area contributed by atoms with Crippen LogP contribution in [0.5, 0.6) is 0 Å². The fourth-order valence-corrected chi connectivity index (χ4v) is 0.929. The summed E-state index contributed by atoms with van der Waals surface area (Å²) in [5, 5.41) is -0.243. The highest BCUT2D eigenvalue weighted by Gasteiger charge is 2.34. The smallest absolute Gasteiger partial charge is 0.298 e. The Kier molecular flexibility index (Phi) is 4.63. The Morgan fingerprint density at radius 1 is 1.43 bits per heavy atom. The van der Waals surface area contributed by atoms with Crippen molar-refractivity contribution in [1.82, 2.24) is 0 Å². The van der Waals surface area contributed by atoms with Crippen LogP contribution in [0, 0.1) is 0 Å². The second-order valence-corrected chi connectivity index (χ2v) is 2.69. The molecule has 0 aromatic heterocycles. The van der Waals surface area contributed by atoms with Crippen molar-refractivity contribution in [3.05, 3.63) is 34.9 Å². The first kappa shape index (κ1) is 13.0. The zero-order valence-corrected chi connectivity index (χ0v) is 8.12. The van der Waals surface area contributed by atoms with Crippen molar-refractivity contribution in [2.24, 2.45) is 0 Å². The summed E-state index contributed by atoms with van der Waals surface area (Å²) in [6.45, 7) is 4.42. The van der Waals surface area contributed by atoms with Crippen LogP contribution in [0.1, 0.15) is 6.92 Å². The topological polar surface area (TPSA) is 17.1 Å². The molecule has 0 aliphatic heterocycles. The number of carbonyl (C=O) groups is 1. The summed E-state index contributed by atoms with van der Waals surface area (Å²) in [5.74, 6) is 0. The molecule has 0 saturated carbocycles. The second-order valence-electron chi connectivity index (χ2n) is 2.28. The summed E-state index contributed by atoms with van der Waals surface area (Å²) in [5.41, 5.74) is -1.73. The number of carbonyl (C=O) groups excluding carboxylic acids is 1. The molecular formula is C9H8ClF3O. The van der Waals surface area contributed by atoms with Crippen molar-refractivity contribution >= 4 is 17.9 Å². The van der Waals surface area contributed by atoms with E-state index in [1.165, 1.54) is 13.0 Å². The maximum atomic E-state index is 12.3. The summed E-state index contributed by atoms with van der Waals surface area (Å²) < 4.78 is 36.8. The van der Waals surface area contributed by atoms with Crippen LogP contribution in [0.3, 0.4) is 0 Å². The fraction of sp³-hybridized carbons (Fsp3) is 0.222. The number of allylic oxidation sites excluding steroid dienone is 5. The Morgan fingerprint density at radius 3 is 2.14 bits per heavy atom. The van der Waals surface area contributed by atoms with Gasteiger partial charge in [0.2, 0.25) is 0 Å². The van der Waals surface area contributed by atoms with Crippen molar-refractivity contribution in [2.75, 3.05) is 0 Å². The number of aldehydes is 1. The lowest BCUT2D eigenvalue weighted by molar-refractivity contribution is -0.106. The third kappa shape index (κ3) is 3.03. The van der Waals surface area contributed by atoms with Gasteiger partial charge in [-0.05, 0) is 6.92 Å². The molecule has 0 atom stereocenters. The molecule has 0 aliphatic rings. The molecule has 5 heteroatoms. The molecule has 0 N–H and O–H groups in total. The highest BCUT2D eigenvalue weighted by Crippen LogP contribution is 2.31. The average molecular weight is 225 g/mol. The highest BCUT2D eigenvalue weighted by atomic mass is 35.5. The minimum atomic E-state index is -4.62. The van der Waals surface area contributed by atoms with E-state index in [-0.39, 0.29) is 11.3 Å². The van der Waals surface area contributed by atoms with E-state index in [1.54, 1.807) is 0 Å². The number of rotatable bonds is 3. The maximum absolute atomic E-state index is 12.3. The van der Waals surface area contributed by atoms with Crippen molar-refractivity contribution in [2.45, 2.75) is 13.1 Å². The Balaban J connectivity index is 5.59. The van der Waals surface area contributed by atoms with Crippen LogP contribution in [0.15, 0.2) is 34.9 Å². The Morgan fingerprint density at radius 2 is 1.93 bits per heavy atom. The van der Waals surface area contributed by atoms with Crippen LogP contribution in [0.2, 0.25) is 0 Å². The van der Waals surface area contributed by atoms with E-state index in [9.17, 15) is 18.0 Å². The first-order valence-corrected chi connectivity index (χ1v) is 3.97. The molecule has 0 unspecified atom stereocenters. The van der Waals surface area contributed by atoms with E-state index in [0.29, 0.717) is 6.08 Å². The average Bonchev–Trinajstić information content (AvgIpc) is 2.10. The first-order valence-electron chi connectivity index (χ1n) is 3.59. The molecule has 0 heterocycles. The first-order chi connectivity index (χ1) is 6.38. The van der Waals surface area contributed by atoms with Gasteiger partial charge >= 0.3 is 6.18 Å². The van der Waals surface area contributed by atoms with Gasteiger partial charge in [0, 0.05) is 10.6 Å². The van der Waals surface area contributed by atoms with Gasteiger partial charge in [-0.25, -0.2) is 0 Å². The number of halogens is 4. The predicted octanol–water partition coefficient (Wildman–Crippen LogP) is 3.37. The monoisotopic (exact) mass is 224 g/mol. The van der Waals surface area contributed by atoms with E-state index in [1.807, 2.05) is 0 Å². The van der Waals surface area contributed by atoms with Gasteiger partial charge in [0.1, 0.15) is 0 Å². The molecule has 0 saturated heterocycles. The molecule has 0 fully saturated rings. The van der Waals surface area contributed by atoms with E-state index in [4.69, 9.17) is 11.6 Å². The summed E-state index contributed by atoms with van der Waals surface area (Å²) in [4.78, 5) is 10.4.